The zero-order chi connectivity index (χ0) is 15.5. The minimum Gasteiger partial charge on any atom is -0.456 e. The first-order valence-electron chi connectivity index (χ1n) is 7.28. The minimum atomic E-state index is -0.424. The average molecular weight is 298 g/mol. The Balaban J connectivity index is 1.75. The summed E-state index contributed by atoms with van der Waals surface area (Å²) in [6.45, 7) is 2.12. The molecule has 1 heterocycles. The molecule has 0 radical (unpaired) electrons. The molecule has 3 aromatic rings. The van der Waals surface area contributed by atoms with Gasteiger partial charge in [-0.1, -0.05) is 18.2 Å². The van der Waals surface area contributed by atoms with E-state index in [4.69, 9.17) is 9.52 Å². The lowest BCUT2D eigenvalue weighted by atomic mass is 10.1. The molecular weight excluding hydrogens is 280 g/mol. The van der Waals surface area contributed by atoms with Crippen molar-refractivity contribution in [2.45, 2.75) is 19.4 Å². The maximum Gasteiger partial charge on any atom is 0.319 e. The Bertz CT molecular complexity index is 808. The van der Waals surface area contributed by atoms with Gasteiger partial charge in [-0.25, -0.2) is 4.79 Å². The quantitative estimate of drug-likeness (QED) is 0.690. The number of carbonyl (C=O) groups excluding carboxylic acids is 1. The largest absolute Gasteiger partial charge is 0.456 e. The van der Waals surface area contributed by atoms with Gasteiger partial charge in [-0.2, -0.15) is 0 Å². The first-order chi connectivity index (χ1) is 10.6. The monoisotopic (exact) mass is 298 g/mol. The molecule has 114 valence electrons. The van der Waals surface area contributed by atoms with Gasteiger partial charge in [0.05, 0.1) is 6.10 Å². The number of nitrogens with one attached hydrogen (secondary N) is 2. The first-order valence-corrected chi connectivity index (χ1v) is 7.28. The highest BCUT2D eigenvalue weighted by Crippen LogP contribution is 2.30. The molecule has 3 N–H and O–H groups in total. The molecule has 0 fully saturated rings. The van der Waals surface area contributed by atoms with Crippen LogP contribution in [0.25, 0.3) is 21.9 Å². The van der Waals surface area contributed by atoms with Crippen LogP contribution in [0.4, 0.5) is 10.5 Å². The van der Waals surface area contributed by atoms with E-state index < -0.39 is 6.10 Å². The van der Waals surface area contributed by atoms with E-state index in [2.05, 4.69) is 10.6 Å². The van der Waals surface area contributed by atoms with Gasteiger partial charge in [0, 0.05) is 29.1 Å². The number of carbonyl (C=O) groups is 1. The van der Waals surface area contributed by atoms with Gasteiger partial charge in [-0.3, -0.25) is 0 Å². The molecule has 5 heteroatoms. The van der Waals surface area contributed by atoms with E-state index in [9.17, 15) is 4.79 Å². The van der Waals surface area contributed by atoms with E-state index in [0.717, 1.165) is 21.9 Å². The third-order valence-electron chi connectivity index (χ3n) is 3.48. The van der Waals surface area contributed by atoms with Gasteiger partial charge >= 0.3 is 6.03 Å². The predicted octanol–water partition coefficient (Wildman–Crippen LogP) is 3.48. The highest BCUT2D eigenvalue weighted by molar-refractivity contribution is 6.06. The fourth-order valence-corrected chi connectivity index (χ4v) is 2.37. The zero-order valence-electron chi connectivity index (χ0n) is 12.3. The number of amides is 2. The van der Waals surface area contributed by atoms with Crippen molar-refractivity contribution >= 4 is 33.7 Å². The van der Waals surface area contributed by atoms with Crippen molar-refractivity contribution in [3.05, 3.63) is 42.5 Å². The number of anilines is 1. The lowest BCUT2D eigenvalue weighted by Crippen LogP contribution is -2.30. The van der Waals surface area contributed by atoms with Crippen LogP contribution in [0.1, 0.15) is 13.3 Å². The smallest absolute Gasteiger partial charge is 0.319 e. The van der Waals surface area contributed by atoms with Crippen LogP contribution in [0.15, 0.2) is 46.9 Å². The lowest BCUT2D eigenvalue weighted by Gasteiger charge is -2.08. The highest BCUT2D eigenvalue weighted by Gasteiger charge is 2.08. The molecule has 22 heavy (non-hydrogen) atoms. The van der Waals surface area contributed by atoms with Crippen molar-refractivity contribution in [1.29, 1.82) is 0 Å². The van der Waals surface area contributed by atoms with Crippen LogP contribution in [-0.2, 0) is 0 Å². The summed E-state index contributed by atoms with van der Waals surface area (Å²) in [6.07, 6.45) is 0.0999. The lowest BCUT2D eigenvalue weighted by molar-refractivity contribution is 0.184. The number of rotatable bonds is 4. The van der Waals surface area contributed by atoms with Crippen LogP contribution in [-0.4, -0.2) is 23.8 Å². The number of aliphatic hydroxyl groups excluding tert-OH is 1. The van der Waals surface area contributed by atoms with Crippen molar-refractivity contribution in [3.8, 4) is 0 Å². The number of fused-ring (bicyclic) bond motifs is 3. The normalized spacial score (nSPS) is 12.5. The second-order valence-corrected chi connectivity index (χ2v) is 5.33. The molecule has 1 unspecified atom stereocenters. The number of furan rings is 1. The summed E-state index contributed by atoms with van der Waals surface area (Å²) in [4.78, 5) is 11.8. The number of para-hydroxylation sites is 1. The Hall–Kier alpha value is -2.53. The Labute approximate surface area is 127 Å². The standard InChI is InChI=1S/C17H18N2O3/c1-11(20)8-9-18-17(21)19-12-6-7-14-13-4-2-3-5-15(13)22-16(14)10-12/h2-7,10-11,20H,8-9H2,1H3,(H2,18,19,21). The topological polar surface area (TPSA) is 74.5 Å². The number of hydrogen-bond acceptors (Lipinski definition) is 3. The van der Waals surface area contributed by atoms with E-state index >= 15 is 0 Å². The summed E-state index contributed by atoms with van der Waals surface area (Å²) in [6, 6.07) is 13.1. The Kier molecular flexibility index (Phi) is 3.98. The number of urea groups is 1. The zero-order valence-corrected chi connectivity index (χ0v) is 12.3. The second-order valence-electron chi connectivity index (χ2n) is 5.33. The molecule has 0 aliphatic rings. The fraction of sp³-hybridized carbons (Fsp3) is 0.235. The first kappa shape index (κ1) is 14.4. The molecule has 3 rings (SSSR count). The van der Waals surface area contributed by atoms with Gasteiger partial charge in [-0.05, 0) is 31.5 Å². The maximum absolute atomic E-state index is 11.8. The van der Waals surface area contributed by atoms with Gasteiger partial charge in [0.1, 0.15) is 11.2 Å². The van der Waals surface area contributed by atoms with E-state index in [1.54, 1.807) is 6.92 Å². The Morgan fingerprint density at radius 1 is 1.18 bits per heavy atom. The molecular formula is C17H18N2O3. The molecule has 0 saturated heterocycles. The minimum absolute atomic E-state index is 0.295. The Morgan fingerprint density at radius 2 is 1.95 bits per heavy atom. The van der Waals surface area contributed by atoms with Gasteiger partial charge in [0.15, 0.2) is 0 Å². The molecule has 0 aliphatic heterocycles. The van der Waals surface area contributed by atoms with Crippen molar-refractivity contribution < 1.29 is 14.3 Å². The molecule has 2 amide bonds. The molecule has 0 aliphatic carbocycles. The van der Waals surface area contributed by atoms with Crippen molar-refractivity contribution in [2.24, 2.45) is 0 Å². The van der Waals surface area contributed by atoms with Crippen LogP contribution in [0.2, 0.25) is 0 Å². The highest BCUT2D eigenvalue weighted by atomic mass is 16.3. The summed E-state index contributed by atoms with van der Waals surface area (Å²) in [5, 5.41) is 16.7. The molecule has 1 atom stereocenters. The fourth-order valence-electron chi connectivity index (χ4n) is 2.37. The van der Waals surface area contributed by atoms with Gasteiger partial charge in [0.2, 0.25) is 0 Å². The maximum atomic E-state index is 11.8. The van der Waals surface area contributed by atoms with Crippen LogP contribution < -0.4 is 10.6 Å². The third-order valence-corrected chi connectivity index (χ3v) is 3.48. The van der Waals surface area contributed by atoms with Gasteiger partial charge in [-0.15, -0.1) is 0 Å². The van der Waals surface area contributed by atoms with Crippen LogP contribution in [0.5, 0.6) is 0 Å². The summed E-state index contributed by atoms with van der Waals surface area (Å²) in [7, 11) is 0. The molecule has 0 spiro atoms. The third kappa shape index (κ3) is 3.04. The van der Waals surface area contributed by atoms with Crippen molar-refractivity contribution in [3.63, 3.8) is 0 Å². The Morgan fingerprint density at radius 3 is 2.77 bits per heavy atom. The summed E-state index contributed by atoms with van der Waals surface area (Å²) in [5.41, 5.74) is 2.24. The van der Waals surface area contributed by atoms with Crippen LogP contribution in [0, 0.1) is 0 Å². The molecule has 2 aromatic carbocycles. The van der Waals surface area contributed by atoms with Crippen molar-refractivity contribution in [1.82, 2.24) is 5.32 Å². The van der Waals surface area contributed by atoms with Gasteiger partial charge in [0.25, 0.3) is 0 Å². The number of benzene rings is 2. The van der Waals surface area contributed by atoms with E-state index in [0.29, 0.717) is 18.7 Å². The SMILES string of the molecule is CC(O)CCNC(=O)Nc1ccc2c(c1)oc1ccccc12. The van der Waals surface area contributed by atoms with E-state index in [1.807, 2.05) is 42.5 Å². The van der Waals surface area contributed by atoms with E-state index in [-0.39, 0.29) is 6.03 Å². The molecule has 0 bridgehead atoms. The number of hydrogen-bond donors (Lipinski definition) is 3. The van der Waals surface area contributed by atoms with Crippen LogP contribution >= 0.6 is 0 Å². The summed E-state index contributed by atoms with van der Waals surface area (Å²) in [5.74, 6) is 0. The van der Waals surface area contributed by atoms with Crippen LogP contribution in [0.3, 0.4) is 0 Å². The molecule has 0 saturated carbocycles. The van der Waals surface area contributed by atoms with Gasteiger partial charge < -0.3 is 20.2 Å². The molecule has 5 nitrogen and oxygen atoms in total. The second kappa shape index (κ2) is 6.07. The predicted molar refractivity (Wildman–Crippen MR) is 87.0 cm³/mol. The molecule has 1 aromatic heterocycles. The van der Waals surface area contributed by atoms with E-state index in [1.165, 1.54) is 0 Å². The summed E-state index contributed by atoms with van der Waals surface area (Å²) < 4.78 is 5.78. The van der Waals surface area contributed by atoms with Crippen molar-refractivity contribution in [2.75, 3.05) is 11.9 Å². The summed E-state index contributed by atoms with van der Waals surface area (Å²) >= 11 is 0. The average Bonchev–Trinajstić information content (AvgIpc) is 2.84. The number of aliphatic hydroxyl groups is 1.